The Labute approximate surface area is 201 Å². The second kappa shape index (κ2) is 10.4. The monoisotopic (exact) mass is 514 g/mol. The van der Waals surface area contributed by atoms with E-state index >= 15 is 0 Å². The lowest BCUT2D eigenvalue weighted by atomic mass is 10.1. The number of rotatable bonds is 7. The van der Waals surface area contributed by atoms with Crippen LogP contribution < -0.4 is 14.8 Å². The number of imide groups is 1. The number of nitrogens with zero attached hydrogens (tertiary/aromatic N) is 1. The van der Waals surface area contributed by atoms with Crippen molar-refractivity contribution >= 4 is 52.2 Å². The largest absolute Gasteiger partial charge is 0.495 e. The molecule has 2 aromatic carbocycles. The van der Waals surface area contributed by atoms with Crippen LogP contribution in [0.25, 0.3) is 6.08 Å². The molecule has 0 unspecified atom stereocenters. The Bertz CT molecular complexity index is 1170. The molecule has 0 aliphatic carbocycles. The molecule has 3 rings (SSSR count). The SMILES string of the molecule is CCOc1ccc(/C=C2\SC(=O)N(CC(=O)Nc3cc(C(F)(F)F)ccc3OC)C2=O)cc1Cl. The van der Waals surface area contributed by atoms with Crippen LogP contribution in [0.5, 0.6) is 11.5 Å². The maximum atomic E-state index is 13.0. The van der Waals surface area contributed by atoms with E-state index in [-0.39, 0.29) is 16.3 Å². The molecule has 1 saturated heterocycles. The van der Waals surface area contributed by atoms with Gasteiger partial charge in [-0.05, 0) is 60.7 Å². The number of nitrogens with one attached hydrogen (secondary N) is 1. The first-order chi connectivity index (χ1) is 16.0. The summed E-state index contributed by atoms with van der Waals surface area (Å²) in [7, 11) is 1.23. The Morgan fingerprint density at radius 2 is 1.88 bits per heavy atom. The van der Waals surface area contributed by atoms with Gasteiger partial charge in [0.05, 0.1) is 34.9 Å². The number of methoxy groups -OCH3 is 1. The van der Waals surface area contributed by atoms with Crippen molar-refractivity contribution in [2.75, 3.05) is 25.6 Å². The minimum Gasteiger partial charge on any atom is -0.495 e. The summed E-state index contributed by atoms with van der Waals surface area (Å²) in [5.74, 6) is -1.13. The van der Waals surface area contributed by atoms with E-state index in [1.165, 1.54) is 13.2 Å². The molecule has 2 aromatic rings. The third-order valence-electron chi connectivity index (χ3n) is 4.53. The summed E-state index contributed by atoms with van der Waals surface area (Å²) in [5, 5.41) is 1.89. The minimum atomic E-state index is -4.63. The standard InChI is InChI=1S/C22H18ClF3N2O5S/c1-3-33-16-6-4-12(8-14(16)23)9-18-20(30)28(21(31)34-18)11-19(29)27-15-10-13(22(24,25)26)5-7-17(15)32-2/h4-10H,3,11H2,1-2H3,(H,27,29)/b18-9-. The average Bonchev–Trinajstić information content (AvgIpc) is 3.02. The molecule has 7 nitrogen and oxygen atoms in total. The van der Waals surface area contributed by atoms with Crippen molar-refractivity contribution in [3.05, 3.63) is 57.5 Å². The molecule has 3 amide bonds. The molecule has 0 bridgehead atoms. The Balaban J connectivity index is 1.74. The molecule has 0 spiro atoms. The predicted molar refractivity (Wildman–Crippen MR) is 122 cm³/mol. The fraction of sp³-hybridized carbons (Fsp3) is 0.227. The molecular weight excluding hydrogens is 497 g/mol. The van der Waals surface area contributed by atoms with Crippen LogP contribution >= 0.6 is 23.4 Å². The fourth-order valence-electron chi connectivity index (χ4n) is 2.98. The van der Waals surface area contributed by atoms with Crippen LogP contribution in [0.1, 0.15) is 18.1 Å². The van der Waals surface area contributed by atoms with Crippen molar-refractivity contribution in [2.24, 2.45) is 0 Å². The van der Waals surface area contributed by atoms with Crippen molar-refractivity contribution in [3.63, 3.8) is 0 Å². The molecule has 1 N–H and O–H groups in total. The highest BCUT2D eigenvalue weighted by Crippen LogP contribution is 2.36. The van der Waals surface area contributed by atoms with Gasteiger partial charge in [0, 0.05) is 0 Å². The van der Waals surface area contributed by atoms with Gasteiger partial charge in [0.1, 0.15) is 18.0 Å². The smallest absolute Gasteiger partial charge is 0.416 e. The number of hydrogen-bond donors (Lipinski definition) is 1. The molecular formula is C22H18ClF3N2O5S. The van der Waals surface area contributed by atoms with E-state index in [9.17, 15) is 27.6 Å². The normalized spacial score (nSPS) is 15.1. The highest BCUT2D eigenvalue weighted by Gasteiger charge is 2.37. The number of thioether (sulfide) groups is 1. The van der Waals surface area contributed by atoms with Gasteiger partial charge >= 0.3 is 6.18 Å². The highest BCUT2D eigenvalue weighted by atomic mass is 35.5. The van der Waals surface area contributed by atoms with Crippen molar-refractivity contribution in [1.29, 1.82) is 0 Å². The molecule has 1 aliphatic rings. The van der Waals surface area contributed by atoms with Gasteiger partial charge in [0.2, 0.25) is 5.91 Å². The molecule has 1 fully saturated rings. The Hall–Kier alpha value is -3.18. The lowest BCUT2D eigenvalue weighted by molar-refractivity contribution is -0.137. The van der Waals surface area contributed by atoms with Gasteiger partial charge in [-0.2, -0.15) is 13.2 Å². The fourth-order valence-corrected chi connectivity index (χ4v) is 4.06. The van der Waals surface area contributed by atoms with E-state index in [1.54, 1.807) is 25.1 Å². The van der Waals surface area contributed by atoms with Crippen LogP contribution in [-0.2, 0) is 15.8 Å². The van der Waals surface area contributed by atoms with Crippen LogP contribution in [0.2, 0.25) is 5.02 Å². The first kappa shape index (κ1) is 25.4. The summed E-state index contributed by atoms with van der Waals surface area (Å²) in [4.78, 5) is 38.2. The quantitative estimate of drug-likeness (QED) is 0.495. The third-order valence-corrected chi connectivity index (χ3v) is 5.73. The van der Waals surface area contributed by atoms with E-state index in [0.29, 0.717) is 45.7 Å². The molecule has 34 heavy (non-hydrogen) atoms. The van der Waals surface area contributed by atoms with Crippen LogP contribution in [0.3, 0.4) is 0 Å². The van der Waals surface area contributed by atoms with Crippen molar-refractivity contribution in [3.8, 4) is 11.5 Å². The Morgan fingerprint density at radius 1 is 1.18 bits per heavy atom. The zero-order valence-electron chi connectivity index (χ0n) is 17.9. The third kappa shape index (κ3) is 5.84. The maximum absolute atomic E-state index is 13.0. The van der Waals surface area contributed by atoms with E-state index in [2.05, 4.69) is 5.32 Å². The summed E-state index contributed by atoms with van der Waals surface area (Å²) >= 11 is 6.77. The van der Waals surface area contributed by atoms with Gasteiger partial charge in [0.15, 0.2) is 0 Å². The number of amides is 3. The highest BCUT2D eigenvalue weighted by molar-refractivity contribution is 8.18. The molecule has 0 atom stereocenters. The first-order valence-corrected chi connectivity index (χ1v) is 11.0. The number of carbonyl (C=O) groups is 3. The lowest BCUT2D eigenvalue weighted by Gasteiger charge is -2.16. The number of hydrogen-bond acceptors (Lipinski definition) is 6. The number of halogens is 4. The lowest BCUT2D eigenvalue weighted by Crippen LogP contribution is -2.36. The summed E-state index contributed by atoms with van der Waals surface area (Å²) in [6, 6.07) is 7.41. The van der Waals surface area contributed by atoms with Crippen LogP contribution in [0, 0.1) is 0 Å². The predicted octanol–water partition coefficient (Wildman–Crippen LogP) is 5.44. The van der Waals surface area contributed by atoms with Crippen molar-refractivity contribution in [2.45, 2.75) is 13.1 Å². The summed E-state index contributed by atoms with van der Waals surface area (Å²) < 4.78 is 49.3. The molecule has 12 heteroatoms. The molecule has 180 valence electrons. The summed E-state index contributed by atoms with van der Waals surface area (Å²) in [6.07, 6.45) is -3.19. The van der Waals surface area contributed by atoms with Crippen molar-refractivity contribution in [1.82, 2.24) is 4.90 Å². The van der Waals surface area contributed by atoms with E-state index in [4.69, 9.17) is 21.1 Å². The number of ether oxygens (including phenoxy) is 2. The van der Waals surface area contributed by atoms with Gasteiger partial charge in [0.25, 0.3) is 11.1 Å². The summed E-state index contributed by atoms with van der Waals surface area (Å²) in [6.45, 7) is 1.54. The van der Waals surface area contributed by atoms with Crippen LogP contribution in [0.4, 0.5) is 23.7 Å². The average molecular weight is 515 g/mol. The Morgan fingerprint density at radius 3 is 2.50 bits per heavy atom. The van der Waals surface area contributed by atoms with Gasteiger partial charge < -0.3 is 14.8 Å². The number of carbonyl (C=O) groups excluding carboxylic acids is 3. The second-order valence-corrected chi connectivity index (χ2v) is 8.25. The van der Waals surface area contributed by atoms with Gasteiger partial charge in [-0.15, -0.1) is 0 Å². The number of alkyl halides is 3. The van der Waals surface area contributed by atoms with Crippen LogP contribution in [0.15, 0.2) is 41.3 Å². The zero-order chi connectivity index (χ0) is 25.0. The van der Waals surface area contributed by atoms with E-state index in [1.807, 2.05) is 0 Å². The van der Waals surface area contributed by atoms with Crippen molar-refractivity contribution < 1.29 is 37.0 Å². The Kier molecular flexibility index (Phi) is 7.78. The topological polar surface area (TPSA) is 84.9 Å². The van der Waals surface area contributed by atoms with Gasteiger partial charge in [-0.1, -0.05) is 17.7 Å². The maximum Gasteiger partial charge on any atom is 0.416 e. The molecule has 1 aliphatic heterocycles. The second-order valence-electron chi connectivity index (χ2n) is 6.85. The first-order valence-electron chi connectivity index (χ1n) is 9.76. The molecule has 0 saturated carbocycles. The summed E-state index contributed by atoms with van der Waals surface area (Å²) in [5.41, 5.74) is -0.697. The number of anilines is 1. The molecule has 0 aromatic heterocycles. The van der Waals surface area contributed by atoms with Gasteiger partial charge in [-0.3, -0.25) is 19.3 Å². The van der Waals surface area contributed by atoms with Crippen LogP contribution in [-0.4, -0.2) is 42.2 Å². The van der Waals surface area contributed by atoms with E-state index in [0.717, 1.165) is 12.1 Å². The van der Waals surface area contributed by atoms with Gasteiger partial charge in [-0.25, -0.2) is 0 Å². The zero-order valence-corrected chi connectivity index (χ0v) is 19.4. The molecule has 1 heterocycles. The van der Waals surface area contributed by atoms with E-state index < -0.39 is 35.3 Å². The minimum absolute atomic E-state index is 0.0113. The number of benzene rings is 2. The molecule has 0 radical (unpaired) electrons.